The van der Waals surface area contributed by atoms with Gasteiger partial charge in [0.15, 0.2) is 16.7 Å². The summed E-state index contributed by atoms with van der Waals surface area (Å²) >= 11 is 12.2. The Labute approximate surface area is 153 Å². The van der Waals surface area contributed by atoms with Crippen LogP contribution in [-0.2, 0) is 13.1 Å². The summed E-state index contributed by atoms with van der Waals surface area (Å²) < 4.78 is 15.7. The van der Waals surface area contributed by atoms with Crippen molar-refractivity contribution in [3.05, 3.63) is 52.1 Å². The molecule has 0 amide bonds. The summed E-state index contributed by atoms with van der Waals surface area (Å²) in [4.78, 5) is 4.62. The molecule has 4 aromatic rings. The molecule has 0 aliphatic heterocycles. The Balaban J connectivity index is 2.00. The summed E-state index contributed by atoms with van der Waals surface area (Å²) in [5, 5.41) is 1.31. The largest absolute Gasteiger partial charge is 0.509 e. The first-order valence-electron chi connectivity index (χ1n) is 8.06. The summed E-state index contributed by atoms with van der Waals surface area (Å²) in [6, 6.07) is 11.5. The SMILES string of the molecule is CCn1c(=Nc2oc3ccc(Cl)cc3[n+]2CC)oc2ccc(Cl)cc21. The molecule has 2 heterocycles. The lowest BCUT2D eigenvalue weighted by atomic mass is 10.3. The van der Waals surface area contributed by atoms with E-state index in [1.165, 1.54) is 0 Å². The van der Waals surface area contributed by atoms with Crippen molar-refractivity contribution in [1.82, 2.24) is 4.57 Å². The van der Waals surface area contributed by atoms with Crippen molar-refractivity contribution in [2.75, 3.05) is 0 Å². The molecule has 25 heavy (non-hydrogen) atoms. The van der Waals surface area contributed by atoms with Crippen molar-refractivity contribution >= 4 is 51.4 Å². The van der Waals surface area contributed by atoms with Crippen molar-refractivity contribution in [3.8, 4) is 0 Å². The van der Waals surface area contributed by atoms with Gasteiger partial charge in [-0.3, -0.25) is 4.57 Å². The predicted molar refractivity (Wildman–Crippen MR) is 97.2 cm³/mol. The van der Waals surface area contributed by atoms with Crippen molar-refractivity contribution in [1.29, 1.82) is 0 Å². The molecular formula is C18H16Cl2N3O2+. The number of oxazole rings is 2. The molecule has 0 radical (unpaired) electrons. The van der Waals surface area contributed by atoms with Gasteiger partial charge in [0, 0.05) is 22.7 Å². The fourth-order valence-corrected chi connectivity index (χ4v) is 3.28. The van der Waals surface area contributed by atoms with Crippen molar-refractivity contribution in [3.63, 3.8) is 0 Å². The maximum absolute atomic E-state index is 6.11. The van der Waals surface area contributed by atoms with E-state index in [0.29, 0.717) is 34.8 Å². The van der Waals surface area contributed by atoms with Gasteiger partial charge in [-0.2, -0.15) is 4.57 Å². The van der Waals surface area contributed by atoms with E-state index in [9.17, 15) is 0 Å². The normalized spacial score (nSPS) is 12.6. The zero-order valence-electron chi connectivity index (χ0n) is 13.8. The molecule has 0 N–H and O–H groups in total. The Hall–Kier alpha value is -2.24. The van der Waals surface area contributed by atoms with Crippen LogP contribution in [0.25, 0.3) is 22.2 Å². The molecule has 0 atom stereocenters. The highest BCUT2D eigenvalue weighted by atomic mass is 35.5. The smallest absolute Gasteiger partial charge is 0.404 e. The fourth-order valence-electron chi connectivity index (χ4n) is 2.95. The Kier molecular flexibility index (Phi) is 4.06. The number of halogens is 2. The number of aryl methyl sites for hydroxylation is 2. The molecule has 0 saturated heterocycles. The summed E-state index contributed by atoms with van der Waals surface area (Å²) in [5.41, 5.74) is 3.72. The third kappa shape index (κ3) is 2.73. The van der Waals surface area contributed by atoms with Crippen LogP contribution in [0.4, 0.5) is 6.01 Å². The van der Waals surface area contributed by atoms with Crippen molar-refractivity contribution < 1.29 is 13.4 Å². The van der Waals surface area contributed by atoms with Crippen LogP contribution in [0.15, 0.2) is 50.2 Å². The van der Waals surface area contributed by atoms with E-state index in [1.54, 1.807) is 12.1 Å². The van der Waals surface area contributed by atoms with Crippen LogP contribution in [0.3, 0.4) is 0 Å². The molecule has 0 saturated carbocycles. The van der Waals surface area contributed by atoms with Gasteiger partial charge in [0.2, 0.25) is 0 Å². The molecule has 0 unspecified atom stereocenters. The van der Waals surface area contributed by atoms with E-state index in [1.807, 2.05) is 47.2 Å². The lowest BCUT2D eigenvalue weighted by Gasteiger charge is -1.95. The first-order chi connectivity index (χ1) is 12.1. The molecular weight excluding hydrogens is 361 g/mol. The highest BCUT2D eigenvalue weighted by Crippen LogP contribution is 2.23. The van der Waals surface area contributed by atoms with E-state index in [-0.39, 0.29) is 0 Å². The highest BCUT2D eigenvalue weighted by molar-refractivity contribution is 6.31. The van der Waals surface area contributed by atoms with Gasteiger partial charge >= 0.3 is 11.7 Å². The number of fused-ring (bicyclic) bond motifs is 2. The monoisotopic (exact) mass is 376 g/mol. The third-order valence-electron chi connectivity index (χ3n) is 4.11. The molecule has 0 aliphatic rings. The van der Waals surface area contributed by atoms with E-state index < -0.39 is 0 Å². The molecule has 128 valence electrons. The standard InChI is InChI=1S/C18H16Cl2N3O2/c1-3-22-13-9-11(19)5-7-15(13)24-17(22)21-18-23(4-2)14-10-12(20)6-8-16(14)25-18/h5-10H,3-4H2,1-2H3/q+1. The molecule has 5 nitrogen and oxygen atoms in total. The van der Waals surface area contributed by atoms with Gasteiger partial charge in [0.25, 0.3) is 0 Å². The predicted octanol–water partition coefficient (Wildman–Crippen LogP) is 4.85. The maximum Gasteiger partial charge on any atom is 0.509 e. The van der Waals surface area contributed by atoms with Crippen LogP contribution in [-0.4, -0.2) is 4.57 Å². The van der Waals surface area contributed by atoms with Crippen LogP contribution in [0, 0.1) is 0 Å². The second kappa shape index (κ2) is 6.24. The Bertz CT molecular complexity index is 1150. The van der Waals surface area contributed by atoms with E-state index in [2.05, 4.69) is 4.99 Å². The maximum atomic E-state index is 6.11. The van der Waals surface area contributed by atoms with E-state index >= 15 is 0 Å². The van der Waals surface area contributed by atoms with Gasteiger partial charge in [0.1, 0.15) is 0 Å². The van der Waals surface area contributed by atoms with Gasteiger partial charge in [0.05, 0.1) is 17.1 Å². The number of hydrogen-bond donors (Lipinski definition) is 0. The summed E-state index contributed by atoms with van der Waals surface area (Å²) in [7, 11) is 0. The minimum Gasteiger partial charge on any atom is -0.404 e. The lowest BCUT2D eigenvalue weighted by Crippen LogP contribution is -2.31. The summed E-state index contributed by atoms with van der Waals surface area (Å²) in [5.74, 6) is 0. The number of aromatic nitrogens is 2. The number of nitrogens with zero attached hydrogens (tertiary/aromatic N) is 3. The zero-order valence-corrected chi connectivity index (χ0v) is 15.3. The van der Waals surface area contributed by atoms with E-state index in [4.69, 9.17) is 32.0 Å². The van der Waals surface area contributed by atoms with E-state index in [0.717, 1.165) is 22.2 Å². The Morgan fingerprint density at radius 3 is 2.44 bits per heavy atom. The Morgan fingerprint density at radius 2 is 1.72 bits per heavy atom. The van der Waals surface area contributed by atoms with Crippen molar-refractivity contribution in [2.24, 2.45) is 4.99 Å². The molecule has 0 bridgehead atoms. The lowest BCUT2D eigenvalue weighted by molar-refractivity contribution is -0.658. The quantitative estimate of drug-likeness (QED) is 0.480. The first-order valence-corrected chi connectivity index (χ1v) is 8.81. The molecule has 2 aromatic carbocycles. The Morgan fingerprint density at radius 1 is 1.00 bits per heavy atom. The van der Waals surface area contributed by atoms with Crippen LogP contribution >= 0.6 is 23.2 Å². The molecule has 7 heteroatoms. The van der Waals surface area contributed by atoms with Crippen LogP contribution in [0.5, 0.6) is 0 Å². The fraction of sp³-hybridized carbons (Fsp3) is 0.222. The molecule has 2 aromatic heterocycles. The van der Waals surface area contributed by atoms with Gasteiger partial charge in [-0.05, 0) is 44.2 Å². The topological polar surface area (TPSA) is 47.5 Å². The minimum absolute atomic E-state index is 0.465. The van der Waals surface area contributed by atoms with Gasteiger partial charge in [-0.25, -0.2) is 0 Å². The second-order valence-corrected chi connectivity index (χ2v) is 6.47. The minimum atomic E-state index is 0.465. The van der Waals surface area contributed by atoms with Gasteiger partial charge in [-0.15, -0.1) is 0 Å². The number of benzene rings is 2. The van der Waals surface area contributed by atoms with Gasteiger partial charge in [-0.1, -0.05) is 23.2 Å². The zero-order chi connectivity index (χ0) is 17.6. The second-order valence-electron chi connectivity index (χ2n) is 5.59. The van der Waals surface area contributed by atoms with Crippen LogP contribution < -0.4 is 10.3 Å². The van der Waals surface area contributed by atoms with Gasteiger partial charge < -0.3 is 8.83 Å². The average Bonchev–Trinajstić information content (AvgIpc) is 3.11. The highest BCUT2D eigenvalue weighted by Gasteiger charge is 2.22. The van der Waals surface area contributed by atoms with Crippen LogP contribution in [0.2, 0.25) is 10.0 Å². The third-order valence-corrected chi connectivity index (χ3v) is 4.58. The number of hydrogen-bond acceptors (Lipinski definition) is 3. The van der Waals surface area contributed by atoms with Crippen LogP contribution in [0.1, 0.15) is 13.8 Å². The molecule has 0 fully saturated rings. The summed E-state index contributed by atoms with van der Waals surface area (Å²) in [6.45, 7) is 5.46. The molecule has 4 rings (SSSR count). The first kappa shape index (κ1) is 16.2. The molecule has 0 aliphatic carbocycles. The van der Waals surface area contributed by atoms with Crippen molar-refractivity contribution in [2.45, 2.75) is 26.9 Å². The molecule has 0 spiro atoms. The summed E-state index contributed by atoms with van der Waals surface area (Å²) in [6.07, 6.45) is 0. The average molecular weight is 377 g/mol. The number of rotatable bonds is 3.